The zero-order valence-electron chi connectivity index (χ0n) is 10.7. The van der Waals surface area contributed by atoms with Gasteiger partial charge in [0.1, 0.15) is 5.52 Å². The van der Waals surface area contributed by atoms with Crippen molar-refractivity contribution in [2.45, 2.75) is 25.3 Å². The third kappa shape index (κ3) is 1.32. The molecule has 0 amide bonds. The molecule has 19 heavy (non-hydrogen) atoms. The standard InChI is InChI=1S/C15H17N3O/c16-9-3-4-11-10(6-9)17-15(19-11)18-14-12-7-1-2-8(5-7)13(12)14/h3-4,6-8,12-14H,1-2,5,16H2,(H,17,18). The Morgan fingerprint density at radius 1 is 1.21 bits per heavy atom. The first-order valence-electron chi connectivity index (χ1n) is 7.22. The van der Waals surface area contributed by atoms with Gasteiger partial charge in [-0.05, 0) is 61.1 Å². The second kappa shape index (κ2) is 3.24. The van der Waals surface area contributed by atoms with Crippen LogP contribution in [-0.2, 0) is 0 Å². The monoisotopic (exact) mass is 255 g/mol. The van der Waals surface area contributed by atoms with Gasteiger partial charge in [0.15, 0.2) is 5.58 Å². The third-order valence-electron chi connectivity index (χ3n) is 5.44. The van der Waals surface area contributed by atoms with Crippen molar-refractivity contribution in [3.05, 3.63) is 18.2 Å². The van der Waals surface area contributed by atoms with Gasteiger partial charge in [0.2, 0.25) is 0 Å². The number of anilines is 2. The fourth-order valence-corrected chi connectivity index (χ4v) is 4.67. The van der Waals surface area contributed by atoms with E-state index in [2.05, 4.69) is 10.3 Å². The molecule has 0 spiro atoms. The van der Waals surface area contributed by atoms with E-state index in [-0.39, 0.29) is 0 Å². The molecule has 3 fully saturated rings. The van der Waals surface area contributed by atoms with Gasteiger partial charge < -0.3 is 15.5 Å². The number of nitrogen functional groups attached to an aromatic ring is 1. The Kier molecular flexibility index (Phi) is 1.73. The molecule has 3 N–H and O–H groups in total. The fourth-order valence-electron chi connectivity index (χ4n) is 4.67. The largest absolute Gasteiger partial charge is 0.424 e. The summed E-state index contributed by atoms with van der Waals surface area (Å²) in [5.74, 6) is 3.71. The zero-order chi connectivity index (χ0) is 12.6. The topological polar surface area (TPSA) is 64.1 Å². The summed E-state index contributed by atoms with van der Waals surface area (Å²) in [6.07, 6.45) is 4.35. The van der Waals surface area contributed by atoms with Crippen LogP contribution in [0.25, 0.3) is 11.1 Å². The molecule has 1 aromatic heterocycles. The summed E-state index contributed by atoms with van der Waals surface area (Å²) in [4.78, 5) is 4.49. The van der Waals surface area contributed by atoms with Crippen molar-refractivity contribution in [3.8, 4) is 0 Å². The van der Waals surface area contributed by atoms with Crippen molar-refractivity contribution >= 4 is 22.8 Å². The number of oxazole rings is 1. The second-order valence-corrected chi connectivity index (χ2v) is 6.40. The Bertz CT molecular complexity index is 648. The quantitative estimate of drug-likeness (QED) is 0.810. The van der Waals surface area contributed by atoms with Crippen LogP contribution in [0.1, 0.15) is 19.3 Å². The van der Waals surface area contributed by atoms with Crippen LogP contribution in [-0.4, -0.2) is 11.0 Å². The SMILES string of the molecule is Nc1ccc2oc(NC3C4C5CCC(C5)C34)nc2c1. The van der Waals surface area contributed by atoms with Crippen molar-refractivity contribution in [1.82, 2.24) is 4.98 Å². The number of nitrogens with two attached hydrogens (primary N) is 1. The van der Waals surface area contributed by atoms with E-state index in [0.717, 1.165) is 40.5 Å². The van der Waals surface area contributed by atoms with Crippen molar-refractivity contribution in [1.29, 1.82) is 0 Å². The van der Waals surface area contributed by atoms with Crippen LogP contribution < -0.4 is 11.1 Å². The molecule has 2 bridgehead atoms. The smallest absolute Gasteiger partial charge is 0.295 e. The lowest BCUT2D eigenvalue weighted by atomic mass is 10.0. The van der Waals surface area contributed by atoms with Crippen LogP contribution in [0.2, 0.25) is 0 Å². The highest BCUT2D eigenvalue weighted by Crippen LogP contribution is 2.66. The van der Waals surface area contributed by atoms with Crippen molar-refractivity contribution in [3.63, 3.8) is 0 Å². The minimum Gasteiger partial charge on any atom is -0.424 e. The van der Waals surface area contributed by atoms with E-state index in [1.807, 2.05) is 18.2 Å². The van der Waals surface area contributed by atoms with Crippen LogP contribution in [0, 0.1) is 23.7 Å². The van der Waals surface area contributed by atoms with E-state index in [4.69, 9.17) is 10.2 Å². The van der Waals surface area contributed by atoms with Gasteiger partial charge in [-0.1, -0.05) is 0 Å². The van der Waals surface area contributed by atoms with Crippen LogP contribution in [0.5, 0.6) is 0 Å². The number of hydrogen-bond acceptors (Lipinski definition) is 4. The molecule has 98 valence electrons. The van der Waals surface area contributed by atoms with Gasteiger partial charge in [-0.3, -0.25) is 0 Å². The fraction of sp³-hybridized carbons (Fsp3) is 0.533. The number of nitrogens with one attached hydrogen (secondary N) is 1. The van der Waals surface area contributed by atoms with Gasteiger partial charge >= 0.3 is 0 Å². The number of aromatic nitrogens is 1. The Morgan fingerprint density at radius 2 is 2.00 bits per heavy atom. The van der Waals surface area contributed by atoms with E-state index in [1.54, 1.807) is 0 Å². The highest BCUT2D eigenvalue weighted by molar-refractivity contribution is 5.78. The molecular weight excluding hydrogens is 238 g/mol. The zero-order valence-corrected chi connectivity index (χ0v) is 10.7. The van der Waals surface area contributed by atoms with Crippen LogP contribution in [0.4, 0.5) is 11.7 Å². The maximum Gasteiger partial charge on any atom is 0.295 e. The average molecular weight is 255 g/mol. The van der Waals surface area contributed by atoms with Gasteiger partial charge in [0.25, 0.3) is 6.01 Å². The van der Waals surface area contributed by atoms with E-state index in [9.17, 15) is 0 Å². The van der Waals surface area contributed by atoms with Crippen molar-refractivity contribution in [2.75, 3.05) is 11.1 Å². The Morgan fingerprint density at radius 3 is 2.79 bits per heavy atom. The summed E-state index contributed by atoms with van der Waals surface area (Å²) in [5, 5.41) is 3.51. The summed E-state index contributed by atoms with van der Waals surface area (Å²) in [5.41, 5.74) is 8.15. The molecule has 4 heteroatoms. The summed E-state index contributed by atoms with van der Waals surface area (Å²) < 4.78 is 5.75. The molecule has 0 saturated heterocycles. The van der Waals surface area contributed by atoms with Crippen LogP contribution in [0.3, 0.4) is 0 Å². The molecule has 2 aromatic rings. The Labute approximate surface area is 111 Å². The summed E-state index contributed by atoms with van der Waals surface area (Å²) in [7, 11) is 0. The summed E-state index contributed by atoms with van der Waals surface area (Å²) in [6.45, 7) is 0. The molecule has 3 aliphatic rings. The highest BCUT2D eigenvalue weighted by Gasteiger charge is 2.65. The molecule has 4 atom stereocenters. The van der Waals surface area contributed by atoms with Crippen molar-refractivity contribution in [2.24, 2.45) is 23.7 Å². The molecule has 4 unspecified atom stereocenters. The molecule has 4 nitrogen and oxygen atoms in total. The number of rotatable bonds is 2. The van der Waals surface area contributed by atoms with Gasteiger partial charge in [-0.2, -0.15) is 4.98 Å². The molecule has 5 rings (SSSR count). The van der Waals surface area contributed by atoms with E-state index in [0.29, 0.717) is 12.1 Å². The first-order chi connectivity index (χ1) is 9.29. The Hall–Kier alpha value is -1.71. The molecule has 0 radical (unpaired) electrons. The lowest BCUT2D eigenvalue weighted by Gasteiger charge is -2.08. The van der Waals surface area contributed by atoms with Gasteiger partial charge in [0.05, 0.1) is 0 Å². The molecule has 1 heterocycles. The predicted molar refractivity (Wildman–Crippen MR) is 73.6 cm³/mol. The van der Waals surface area contributed by atoms with E-state index >= 15 is 0 Å². The van der Waals surface area contributed by atoms with Gasteiger partial charge in [-0.15, -0.1) is 0 Å². The van der Waals surface area contributed by atoms with E-state index < -0.39 is 0 Å². The number of benzene rings is 1. The highest BCUT2D eigenvalue weighted by atomic mass is 16.4. The maximum absolute atomic E-state index is 5.76. The number of nitrogens with zero attached hydrogens (tertiary/aromatic N) is 1. The van der Waals surface area contributed by atoms with Gasteiger partial charge in [-0.25, -0.2) is 0 Å². The minimum atomic E-state index is 0.608. The summed E-state index contributed by atoms with van der Waals surface area (Å²) >= 11 is 0. The molecule has 3 saturated carbocycles. The average Bonchev–Trinajstić information content (AvgIpc) is 2.79. The van der Waals surface area contributed by atoms with Crippen molar-refractivity contribution < 1.29 is 4.42 Å². The first kappa shape index (κ1) is 10.1. The van der Waals surface area contributed by atoms with Gasteiger partial charge in [0, 0.05) is 11.7 Å². The third-order valence-corrected chi connectivity index (χ3v) is 5.44. The maximum atomic E-state index is 5.76. The van der Waals surface area contributed by atoms with Crippen LogP contribution in [0.15, 0.2) is 22.6 Å². The van der Waals surface area contributed by atoms with E-state index in [1.165, 1.54) is 19.3 Å². The normalized spacial score (nSPS) is 38.6. The molecule has 3 aliphatic carbocycles. The molecule has 1 aromatic carbocycles. The lowest BCUT2D eigenvalue weighted by Crippen LogP contribution is -2.12. The molecular formula is C15H17N3O. The number of fused-ring (bicyclic) bond motifs is 6. The van der Waals surface area contributed by atoms with Crippen LogP contribution >= 0.6 is 0 Å². The second-order valence-electron chi connectivity index (χ2n) is 6.40. The molecule has 0 aliphatic heterocycles. The number of hydrogen-bond donors (Lipinski definition) is 2. The minimum absolute atomic E-state index is 0.608. The summed E-state index contributed by atoms with van der Waals surface area (Å²) in [6, 6.07) is 6.88. The predicted octanol–water partition coefficient (Wildman–Crippen LogP) is 2.87. The Balaban J connectivity index is 1.41. The first-order valence-corrected chi connectivity index (χ1v) is 7.22. The lowest BCUT2D eigenvalue weighted by molar-refractivity contribution is 0.456.